The van der Waals surface area contributed by atoms with Crippen LogP contribution in [0.4, 0.5) is 14.5 Å². The second-order valence-corrected chi connectivity index (χ2v) is 3.98. The predicted molar refractivity (Wildman–Crippen MR) is 55.3 cm³/mol. The van der Waals surface area contributed by atoms with Crippen molar-refractivity contribution < 1.29 is 13.6 Å². The van der Waals surface area contributed by atoms with Crippen LogP contribution in [-0.4, -0.2) is 11.7 Å². The molecule has 0 aliphatic rings. The van der Waals surface area contributed by atoms with Crippen molar-refractivity contribution in [3.8, 4) is 0 Å². The van der Waals surface area contributed by atoms with Crippen LogP contribution >= 0.6 is 11.8 Å². The van der Waals surface area contributed by atoms with Crippen LogP contribution in [0.15, 0.2) is 17.0 Å². The summed E-state index contributed by atoms with van der Waals surface area (Å²) in [6.07, 6.45) is 0.0773. The molecule has 0 saturated carbocycles. The van der Waals surface area contributed by atoms with Gasteiger partial charge in [0.1, 0.15) is 11.6 Å². The molecule has 0 aromatic heterocycles. The maximum Gasteiger partial charge on any atom is 0.218 e. The molecule has 1 rings (SSSR count). The molecule has 1 amide bonds. The highest BCUT2D eigenvalue weighted by molar-refractivity contribution is 7.99. The largest absolute Gasteiger partial charge is 0.399 e. The number of benzene rings is 1. The van der Waals surface area contributed by atoms with Crippen molar-refractivity contribution in [3.05, 3.63) is 23.8 Å². The number of hydrogen-bond donors (Lipinski definition) is 2. The molecule has 82 valence electrons. The number of nitrogen functional groups attached to an aromatic ring is 1. The van der Waals surface area contributed by atoms with E-state index in [1.165, 1.54) is 0 Å². The van der Waals surface area contributed by atoms with Crippen molar-refractivity contribution in [3.63, 3.8) is 0 Å². The number of carbonyl (C=O) groups is 1. The first-order valence-corrected chi connectivity index (χ1v) is 5.15. The molecule has 0 heterocycles. The molecule has 3 nitrogen and oxygen atoms in total. The Labute approximate surface area is 89.8 Å². The van der Waals surface area contributed by atoms with Crippen LogP contribution in [-0.2, 0) is 4.79 Å². The molecule has 0 radical (unpaired) electrons. The van der Waals surface area contributed by atoms with Gasteiger partial charge in [-0.15, -0.1) is 11.8 Å². The third kappa shape index (κ3) is 3.39. The second kappa shape index (κ2) is 4.97. The minimum atomic E-state index is -0.720. The van der Waals surface area contributed by atoms with E-state index in [0.29, 0.717) is 0 Å². The van der Waals surface area contributed by atoms with Gasteiger partial charge in [-0.2, -0.15) is 0 Å². The monoisotopic (exact) mass is 232 g/mol. The highest BCUT2D eigenvalue weighted by Crippen LogP contribution is 2.27. The first kappa shape index (κ1) is 11.8. The van der Waals surface area contributed by atoms with E-state index in [1.54, 1.807) is 0 Å². The lowest BCUT2D eigenvalue weighted by atomic mass is 10.3. The van der Waals surface area contributed by atoms with Gasteiger partial charge < -0.3 is 11.5 Å². The smallest absolute Gasteiger partial charge is 0.218 e. The molecule has 0 spiro atoms. The molecule has 0 bridgehead atoms. The molecular formula is C9H10F2N2OS. The van der Waals surface area contributed by atoms with Gasteiger partial charge in [-0.05, 0) is 12.1 Å². The average molecular weight is 232 g/mol. The second-order valence-electron chi connectivity index (χ2n) is 2.88. The van der Waals surface area contributed by atoms with Crippen molar-refractivity contribution in [2.24, 2.45) is 5.73 Å². The molecule has 4 N–H and O–H groups in total. The Morgan fingerprint density at radius 1 is 1.33 bits per heavy atom. The van der Waals surface area contributed by atoms with E-state index in [9.17, 15) is 13.6 Å². The van der Waals surface area contributed by atoms with Crippen LogP contribution in [0.3, 0.4) is 0 Å². The number of hydrogen-bond acceptors (Lipinski definition) is 3. The van der Waals surface area contributed by atoms with E-state index in [-0.39, 0.29) is 22.8 Å². The lowest BCUT2D eigenvalue weighted by molar-refractivity contribution is -0.117. The van der Waals surface area contributed by atoms with Gasteiger partial charge in [0.25, 0.3) is 0 Å². The molecule has 0 fully saturated rings. The summed E-state index contributed by atoms with van der Waals surface area (Å²) in [5, 5.41) is 0. The Morgan fingerprint density at radius 3 is 2.33 bits per heavy atom. The lowest BCUT2D eigenvalue weighted by Crippen LogP contribution is -2.11. The Hall–Kier alpha value is -1.30. The molecule has 1 aromatic carbocycles. The Kier molecular flexibility index (Phi) is 3.90. The van der Waals surface area contributed by atoms with Gasteiger partial charge in [-0.25, -0.2) is 8.78 Å². The van der Waals surface area contributed by atoms with Gasteiger partial charge >= 0.3 is 0 Å². The highest BCUT2D eigenvalue weighted by atomic mass is 32.2. The lowest BCUT2D eigenvalue weighted by Gasteiger charge is -2.04. The van der Waals surface area contributed by atoms with E-state index in [1.807, 2.05) is 0 Å². The number of thioether (sulfide) groups is 1. The summed E-state index contributed by atoms with van der Waals surface area (Å²) in [6, 6.07) is 2.07. The Morgan fingerprint density at radius 2 is 1.87 bits per heavy atom. The minimum Gasteiger partial charge on any atom is -0.399 e. The van der Waals surface area contributed by atoms with Crippen LogP contribution in [0.5, 0.6) is 0 Å². The zero-order valence-electron chi connectivity index (χ0n) is 7.80. The number of amides is 1. The summed E-state index contributed by atoms with van der Waals surface area (Å²) >= 11 is 0.904. The maximum absolute atomic E-state index is 13.2. The topological polar surface area (TPSA) is 69.1 Å². The summed E-state index contributed by atoms with van der Waals surface area (Å²) in [7, 11) is 0. The summed E-state index contributed by atoms with van der Waals surface area (Å²) in [4.78, 5) is 10.3. The van der Waals surface area contributed by atoms with E-state index in [2.05, 4.69) is 0 Å². The molecule has 6 heteroatoms. The fourth-order valence-corrected chi connectivity index (χ4v) is 1.87. The molecule has 0 unspecified atom stereocenters. The van der Waals surface area contributed by atoms with Crippen molar-refractivity contribution in [1.29, 1.82) is 0 Å². The summed E-state index contributed by atoms with van der Waals surface area (Å²) < 4.78 is 26.4. The zero-order chi connectivity index (χ0) is 11.4. The Balaban J connectivity index is 2.72. The van der Waals surface area contributed by atoms with Crippen LogP contribution in [0.2, 0.25) is 0 Å². The minimum absolute atomic E-state index is 0.0317. The molecule has 1 aromatic rings. The maximum atomic E-state index is 13.2. The van der Waals surface area contributed by atoms with E-state index >= 15 is 0 Å². The average Bonchev–Trinajstić information content (AvgIpc) is 2.08. The van der Waals surface area contributed by atoms with E-state index in [0.717, 1.165) is 23.9 Å². The first-order valence-electron chi connectivity index (χ1n) is 4.16. The number of nitrogens with two attached hydrogens (primary N) is 2. The zero-order valence-corrected chi connectivity index (χ0v) is 8.61. The van der Waals surface area contributed by atoms with E-state index in [4.69, 9.17) is 11.5 Å². The fourth-order valence-electron chi connectivity index (χ4n) is 0.971. The summed E-state index contributed by atoms with van der Waals surface area (Å²) in [5.41, 5.74) is 10.2. The van der Waals surface area contributed by atoms with Crippen molar-refractivity contribution >= 4 is 23.4 Å². The van der Waals surface area contributed by atoms with Crippen LogP contribution in [0.25, 0.3) is 0 Å². The highest BCUT2D eigenvalue weighted by Gasteiger charge is 2.10. The Bertz CT molecular complexity index is 361. The van der Waals surface area contributed by atoms with Crippen LogP contribution < -0.4 is 11.5 Å². The number of halogens is 2. The molecule has 0 atom stereocenters. The van der Waals surface area contributed by atoms with Gasteiger partial charge in [0.2, 0.25) is 5.91 Å². The van der Waals surface area contributed by atoms with Crippen molar-refractivity contribution in [2.75, 3.05) is 11.5 Å². The van der Waals surface area contributed by atoms with E-state index < -0.39 is 17.5 Å². The van der Waals surface area contributed by atoms with Gasteiger partial charge in [0.15, 0.2) is 0 Å². The fraction of sp³-hybridized carbons (Fsp3) is 0.222. The number of primary amides is 1. The number of anilines is 1. The standard InChI is InChI=1S/C9H10F2N2OS/c10-6-3-5(12)4-7(11)9(6)15-2-1-8(13)14/h3-4H,1-2,12H2,(H2,13,14). The third-order valence-electron chi connectivity index (χ3n) is 1.62. The summed E-state index contributed by atoms with van der Waals surface area (Å²) in [6.45, 7) is 0. The van der Waals surface area contributed by atoms with Crippen LogP contribution in [0, 0.1) is 11.6 Å². The van der Waals surface area contributed by atoms with Gasteiger partial charge in [0, 0.05) is 17.9 Å². The van der Waals surface area contributed by atoms with Crippen molar-refractivity contribution in [1.82, 2.24) is 0 Å². The molecule has 0 aliphatic heterocycles. The van der Waals surface area contributed by atoms with Crippen LogP contribution in [0.1, 0.15) is 6.42 Å². The molecule has 15 heavy (non-hydrogen) atoms. The molecular weight excluding hydrogens is 222 g/mol. The van der Waals surface area contributed by atoms with Gasteiger partial charge in [-0.1, -0.05) is 0 Å². The molecule has 0 saturated heterocycles. The normalized spacial score (nSPS) is 10.3. The quantitative estimate of drug-likeness (QED) is 0.610. The van der Waals surface area contributed by atoms with Gasteiger partial charge in [0.05, 0.1) is 4.90 Å². The third-order valence-corrected chi connectivity index (χ3v) is 2.70. The SMILES string of the molecule is NC(=O)CCSc1c(F)cc(N)cc1F. The number of rotatable bonds is 4. The predicted octanol–water partition coefficient (Wildman–Crippen LogP) is 1.51. The van der Waals surface area contributed by atoms with Crippen molar-refractivity contribution in [2.45, 2.75) is 11.3 Å². The summed E-state index contributed by atoms with van der Waals surface area (Å²) in [5.74, 6) is -1.70. The first-order chi connectivity index (χ1) is 7.00. The number of carbonyl (C=O) groups excluding carboxylic acids is 1. The van der Waals surface area contributed by atoms with Gasteiger partial charge in [-0.3, -0.25) is 4.79 Å². The molecule has 0 aliphatic carbocycles.